The summed E-state index contributed by atoms with van der Waals surface area (Å²) in [5.41, 5.74) is 0. The van der Waals surface area contributed by atoms with Crippen LogP contribution in [-0.4, -0.2) is 31.6 Å². The Hall–Kier alpha value is -0.531. The van der Waals surface area contributed by atoms with Crippen LogP contribution in [0.2, 0.25) is 0 Å². The minimum atomic E-state index is -0.0744. The van der Waals surface area contributed by atoms with Gasteiger partial charge in [0.2, 0.25) is 0 Å². The summed E-state index contributed by atoms with van der Waals surface area (Å²) in [5, 5.41) is 0. The second-order valence-electron chi connectivity index (χ2n) is 1.76. The molecule has 0 radical (unpaired) electrons. The Balaban J connectivity index is 2.89. The van der Waals surface area contributed by atoms with Crippen LogP contribution in [0.1, 0.15) is 6.42 Å². The van der Waals surface area contributed by atoms with E-state index in [0.717, 1.165) is 0 Å². The molecule has 0 N–H and O–H groups in total. The second-order valence-corrected chi connectivity index (χ2v) is 2.80. The Morgan fingerprint density at radius 2 is 2.00 bits per heavy atom. The number of carbonyl (C=O) groups is 2. The van der Waals surface area contributed by atoms with E-state index in [1.165, 1.54) is 12.2 Å². The molecule has 0 spiro atoms. The molecule has 9 heavy (non-hydrogen) atoms. The normalized spacial score (nSPS) is 18.9. The van der Waals surface area contributed by atoms with E-state index < -0.39 is 0 Å². The summed E-state index contributed by atoms with van der Waals surface area (Å²) >= 11 is 2.55. The Bertz CT molecular complexity index is 215. The molecule has 2 nitrogen and oxygen atoms in total. The third kappa shape index (κ3) is 1.44. The van der Waals surface area contributed by atoms with Gasteiger partial charge in [-0.25, -0.2) is 0 Å². The fourth-order valence-corrected chi connectivity index (χ4v) is 1.01. The number of hydrogen-bond donors (Lipinski definition) is 0. The summed E-state index contributed by atoms with van der Waals surface area (Å²) in [6.07, 6.45) is 2.84. The maximum atomic E-state index is 10.6. The molecular formula is C6H4O2Se. The third-order valence-corrected chi connectivity index (χ3v) is 1.76. The fourth-order valence-electron chi connectivity index (χ4n) is 0.566. The van der Waals surface area contributed by atoms with Crippen LogP contribution in [0.15, 0.2) is 12.2 Å². The van der Waals surface area contributed by atoms with E-state index in [2.05, 4.69) is 15.6 Å². The van der Waals surface area contributed by atoms with Crippen LogP contribution in [-0.2, 0) is 9.59 Å². The molecule has 0 amide bonds. The molecule has 0 aromatic rings. The Morgan fingerprint density at radius 3 is 2.44 bits per heavy atom. The summed E-state index contributed by atoms with van der Waals surface area (Å²) < 4.78 is 0.516. The van der Waals surface area contributed by atoms with E-state index >= 15 is 0 Å². The third-order valence-electron chi connectivity index (χ3n) is 1.03. The molecule has 46 valence electrons. The van der Waals surface area contributed by atoms with Gasteiger partial charge in [-0.2, -0.15) is 0 Å². The van der Waals surface area contributed by atoms with Gasteiger partial charge in [-0.3, -0.25) is 0 Å². The zero-order valence-corrected chi connectivity index (χ0v) is 6.30. The van der Waals surface area contributed by atoms with Crippen molar-refractivity contribution >= 4 is 31.6 Å². The van der Waals surface area contributed by atoms with E-state index in [-0.39, 0.29) is 18.0 Å². The molecule has 0 atom stereocenters. The fraction of sp³-hybridized carbons (Fsp3) is 0.167. The van der Waals surface area contributed by atoms with Gasteiger partial charge < -0.3 is 0 Å². The standard InChI is InChI=1S/C6H4O2Se/c7-4-1-2-5(8)6(9)3-4/h1-2H,3H2. The Morgan fingerprint density at radius 1 is 1.33 bits per heavy atom. The van der Waals surface area contributed by atoms with Crippen molar-refractivity contribution in [2.24, 2.45) is 0 Å². The van der Waals surface area contributed by atoms with Gasteiger partial charge in [0.1, 0.15) is 0 Å². The van der Waals surface area contributed by atoms with Gasteiger partial charge in [0.05, 0.1) is 0 Å². The summed E-state index contributed by atoms with van der Waals surface area (Å²) in [5.74, 6) is -0.0852. The molecule has 0 unspecified atom stereocenters. The average Bonchev–Trinajstić information content (AvgIpc) is 1.80. The first-order chi connectivity index (χ1) is 4.20. The van der Waals surface area contributed by atoms with Crippen molar-refractivity contribution in [3.8, 4) is 0 Å². The van der Waals surface area contributed by atoms with Crippen molar-refractivity contribution in [1.29, 1.82) is 0 Å². The molecular weight excluding hydrogens is 183 g/mol. The minimum absolute atomic E-state index is 0.0108. The van der Waals surface area contributed by atoms with Gasteiger partial charge in [0.15, 0.2) is 0 Å². The van der Waals surface area contributed by atoms with Crippen molar-refractivity contribution in [2.45, 2.75) is 6.42 Å². The van der Waals surface area contributed by atoms with Crippen LogP contribution < -0.4 is 0 Å². The predicted molar refractivity (Wildman–Crippen MR) is 34.5 cm³/mol. The van der Waals surface area contributed by atoms with Gasteiger partial charge in [0, 0.05) is 0 Å². The summed E-state index contributed by atoms with van der Waals surface area (Å²) in [7, 11) is 0. The van der Waals surface area contributed by atoms with E-state index in [1.807, 2.05) is 0 Å². The van der Waals surface area contributed by atoms with Crippen LogP contribution in [0.5, 0.6) is 0 Å². The predicted octanol–water partition coefficient (Wildman–Crippen LogP) is -0.575. The average molecular weight is 187 g/mol. The molecule has 0 aromatic heterocycles. The first-order valence-electron chi connectivity index (χ1n) is 2.48. The molecule has 0 saturated carbocycles. The van der Waals surface area contributed by atoms with Crippen LogP contribution in [0.4, 0.5) is 0 Å². The SMILES string of the molecule is O=C1C=CC(=O)C(=[Se])C1. The number of hydrogen-bond acceptors (Lipinski definition) is 2. The molecule has 0 bridgehead atoms. The van der Waals surface area contributed by atoms with Crippen molar-refractivity contribution < 1.29 is 9.59 Å². The van der Waals surface area contributed by atoms with E-state index in [0.29, 0.717) is 4.42 Å². The van der Waals surface area contributed by atoms with Crippen molar-refractivity contribution in [3.05, 3.63) is 12.2 Å². The molecule has 0 saturated heterocycles. The quantitative estimate of drug-likeness (QED) is 0.475. The molecule has 1 aliphatic carbocycles. The number of allylic oxidation sites excluding steroid dienone is 2. The molecule has 0 fully saturated rings. The van der Waals surface area contributed by atoms with Gasteiger partial charge in [-0.15, -0.1) is 0 Å². The number of carbonyl (C=O) groups excluding carboxylic acids is 2. The molecule has 1 aliphatic rings. The monoisotopic (exact) mass is 188 g/mol. The summed E-state index contributed by atoms with van der Waals surface area (Å²) in [6, 6.07) is 0. The molecule has 0 heterocycles. The van der Waals surface area contributed by atoms with Crippen molar-refractivity contribution in [3.63, 3.8) is 0 Å². The number of ketones is 2. The van der Waals surface area contributed by atoms with Crippen molar-refractivity contribution in [2.75, 3.05) is 0 Å². The van der Waals surface area contributed by atoms with Gasteiger partial charge >= 0.3 is 59.7 Å². The molecule has 1 rings (SSSR count). The zero-order chi connectivity index (χ0) is 6.85. The summed E-state index contributed by atoms with van der Waals surface area (Å²) in [4.78, 5) is 21.2. The van der Waals surface area contributed by atoms with Crippen LogP contribution >= 0.6 is 0 Å². The van der Waals surface area contributed by atoms with E-state index in [9.17, 15) is 9.59 Å². The topological polar surface area (TPSA) is 34.1 Å². The van der Waals surface area contributed by atoms with Gasteiger partial charge in [0.25, 0.3) is 0 Å². The first-order valence-corrected chi connectivity index (χ1v) is 3.34. The van der Waals surface area contributed by atoms with Crippen molar-refractivity contribution in [1.82, 2.24) is 0 Å². The van der Waals surface area contributed by atoms with E-state index in [1.54, 1.807) is 0 Å². The Labute approximate surface area is 60.3 Å². The second kappa shape index (κ2) is 2.38. The van der Waals surface area contributed by atoms with Gasteiger partial charge in [-0.1, -0.05) is 0 Å². The maximum absolute atomic E-state index is 10.6. The zero-order valence-electron chi connectivity index (χ0n) is 4.59. The molecule has 0 aromatic carbocycles. The van der Waals surface area contributed by atoms with Crippen LogP contribution in [0, 0.1) is 0 Å². The van der Waals surface area contributed by atoms with Gasteiger partial charge in [-0.05, 0) is 0 Å². The van der Waals surface area contributed by atoms with E-state index in [4.69, 9.17) is 0 Å². The number of rotatable bonds is 0. The van der Waals surface area contributed by atoms with Crippen LogP contribution in [0.25, 0.3) is 0 Å². The Kier molecular flexibility index (Phi) is 1.74. The molecule has 3 heteroatoms. The first kappa shape index (κ1) is 6.59. The summed E-state index contributed by atoms with van der Waals surface area (Å²) in [6.45, 7) is 0. The van der Waals surface area contributed by atoms with Crippen LogP contribution in [0.3, 0.4) is 0 Å². The molecule has 0 aliphatic heterocycles.